The smallest absolute Gasteiger partial charge is 0.356 e. The molecule has 1 rings (SSSR count). The first-order valence-electron chi connectivity index (χ1n) is 3.60. The summed E-state index contributed by atoms with van der Waals surface area (Å²) in [6.07, 6.45) is 1.26. The number of aromatic nitrogens is 2. The predicted molar refractivity (Wildman–Crippen MR) is 43.4 cm³/mol. The molecule has 0 amide bonds. The summed E-state index contributed by atoms with van der Waals surface area (Å²) in [5.74, 6) is 5.12. The molecule has 0 unspecified atom stereocenters. The summed E-state index contributed by atoms with van der Waals surface area (Å²) < 4.78 is 1.10. The minimum Gasteiger partial charge on any atom is -0.476 e. The van der Waals surface area contributed by atoms with Crippen LogP contribution in [-0.2, 0) is 0 Å². The molecule has 0 radical (unpaired) electrons. The lowest BCUT2D eigenvalue weighted by molar-refractivity contribution is 0.0687. The van der Waals surface area contributed by atoms with Crippen LogP contribution in [0.5, 0.6) is 0 Å². The summed E-state index contributed by atoms with van der Waals surface area (Å²) in [6.45, 7) is 3.80. The van der Waals surface area contributed by atoms with Crippen molar-refractivity contribution in [3.8, 4) is 0 Å². The maximum atomic E-state index is 10.5. The highest BCUT2D eigenvalue weighted by Crippen LogP contribution is 2.11. The first-order chi connectivity index (χ1) is 5.54. The maximum Gasteiger partial charge on any atom is 0.356 e. The molecule has 1 aromatic rings. The van der Waals surface area contributed by atoms with Crippen LogP contribution in [0.2, 0.25) is 0 Å². The molecule has 0 atom stereocenters. The quantitative estimate of drug-likeness (QED) is 0.628. The van der Waals surface area contributed by atoms with Crippen LogP contribution in [0, 0.1) is 0 Å². The van der Waals surface area contributed by atoms with Crippen LogP contribution >= 0.6 is 0 Å². The summed E-state index contributed by atoms with van der Waals surface area (Å²) >= 11 is 0. The lowest BCUT2D eigenvalue weighted by Gasteiger charge is -2.04. The molecule has 12 heavy (non-hydrogen) atoms. The van der Waals surface area contributed by atoms with Crippen molar-refractivity contribution >= 4 is 5.97 Å². The number of carbonyl (C=O) groups is 1. The molecule has 5 nitrogen and oxygen atoms in total. The number of hydrogen-bond acceptors (Lipinski definition) is 3. The zero-order chi connectivity index (χ0) is 9.30. The number of nitrogens with zero attached hydrogens (tertiary/aromatic N) is 2. The van der Waals surface area contributed by atoms with Crippen molar-refractivity contribution in [1.29, 1.82) is 0 Å². The highest BCUT2D eigenvalue weighted by molar-refractivity contribution is 5.85. The van der Waals surface area contributed by atoms with Gasteiger partial charge in [0.25, 0.3) is 0 Å². The van der Waals surface area contributed by atoms with E-state index in [-0.39, 0.29) is 11.6 Å². The van der Waals surface area contributed by atoms with Crippen LogP contribution in [0.25, 0.3) is 0 Å². The van der Waals surface area contributed by atoms with Crippen LogP contribution in [0.15, 0.2) is 6.20 Å². The van der Waals surface area contributed by atoms with E-state index in [4.69, 9.17) is 10.9 Å². The van der Waals surface area contributed by atoms with Gasteiger partial charge in [-0.2, -0.15) is 0 Å². The predicted octanol–water partition coefficient (Wildman–Crippen LogP) is 0.419. The lowest BCUT2D eigenvalue weighted by Crippen LogP contribution is -2.19. The third-order valence-corrected chi connectivity index (χ3v) is 1.56. The van der Waals surface area contributed by atoms with Crippen LogP contribution in [0.1, 0.15) is 36.1 Å². The third-order valence-electron chi connectivity index (χ3n) is 1.56. The SMILES string of the molecule is CC(C)c1ncc(C(=O)O)n1N. The molecule has 0 bridgehead atoms. The number of carboxylic acid groups (broad SMARTS) is 1. The monoisotopic (exact) mass is 169 g/mol. The standard InChI is InChI=1S/C7H11N3O2/c1-4(2)6-9-3-5(7(11)12)10(6)8/h3-4H,8H2,1-2H3,(H,11,12). The van der Waals surface area contributed by atoms with E-state index in [1.807, 2.05) is 13.8 Å². The average molecular weight is 169 g/mol. The molecule has 0 fully saturated rings. The van der Waals surface area contributed by atoms with Crippen molar-refractivity contribution in [1.82, 2.24) is 9.66 Å². The van der Waals surface area contributed by atoms with Crippen molar-refractivity contribution in [3.63, 3.8) is 0 Å². The summed E-state index contributed by atoms with van der Waals surface area (Å²) in [7, 11) is 0. The summed E-state index contributed by atoms with van der Waals surface area (Å²) in [5, 5.41) is 8.62. The van der Waals surface area contributed by atoms with Gasteiger partial charge in [-0.1, -0.05) is 13.8 Å². The molecule has 0 spiro atoms. The fourth-order valence-corrected chi connectivity index (χ4v) is 0.961. The van der Waals surface area contributed by atoms with Gasteiger partial charge in [0.05, 0.1) is 6.20 Å². The Kier molecular flexibility index (Phi) is 2.03. The van der Waals surface area contributed by atoms with Gasteiger partial charge in [0.1, 0.15) is 5.82 Å². The zero-order valence-corrected chi connectivity index (χ0v) is 6.98. The number of nitrogens with two attached hydrogens (primary N) is 1. The molecule has 0 saturated heterocycles. The van der Waals surface area contributed by atoms with E-state index < -0.39 is 5.97 Å². The van der Waals surface area contributed by atoms with Crippen molar-refractivity contribution in [3.05, 3.63) is 17.7 Å². The number of aromatic carboxylic acids is 1. The van der Waals surface area contributed by atoms with Gasteiger partial charge >= 0.3 is 5.97 Å². The summed E-state index contributed by atoms with van der Waals surface area (Å²) in [4.78, 5) is 14.4. The van der Waals surface area contributed by atoms with Gasteiger partial charge < -0.3 is 10.9 Å². The fraction of sp³-hybridized carbons (Fsp3) is 0.429. The summed E-state index contributed by atoms with van der Waals surface area (Å²) in [6, 6.07) is 0. The Hall–Kier alpha value is -1.52. The minimum atomic E-state index is -1.06. The molecule has 1 aromatic heterocycles. The van der Waals surface area contributed by atoms with Gasteiger partial charge in [0.2, 0.25) is 0 Å². The van der Waals surface area contributed by atoms with E-state index >= 15 is 0 Å². The molecule has 3 N–H and O–H groups in total. The largest absolute Gasteiger partial charge is 0.476 e. The van der Waals surface area contributed by atoms with Crippen molar-refractivity contribution in [2.45, 2.75) is 19.8 Å². The maximum absolute atomic E-state index is 10.5. The second kappa shape index (κ2) is 2.84. The number of imidazole rings is 1. The Morgan fingerprint density at radius 1 is 1.75 bits per heavy atom. The Balaban J connectivity index is 3.13. The first-order valence-corrected chi connectivity index (χ1v) is 3.60. The van der Waals surface area contributed by atoms with Crippen LogP contribution < -0.4 is 5.84 Å². The first kappa shape index (κ1) is 8.58. The van der Waals surface area contributed by atoms with Crippen molar-refractivity contribution in [2.24, 2.45) is 0 Å². The molecule has 66 valence electrons. The summed E-state index contributed by atoms with van der Waals surface area (Å²) in [5.41, 5.74) is 0.0127. The molecule has 0 aliphatic carbocycles. The third kappa shape index (κ3) is 1.25. The number of carboxylic acids is 1. The van der Waals surface area contributed by atoms with Gasteiger partial charge in [0.15, 0.2) is 5.69 Å². The number of nitrogen functional groups attached to an aromatic ring is 1. The molecular weight excluding hydrogens is 158 g/mol. The van der Waals surface area contributed by atoms with E-state index in [2.05, 4.69) is 4.98 Å². The second-order valence-corrected chi connectivity index (χ2v) is 2.83. The fourth-order valence-electron chi connectivity index (χ4n) is 0.961. The zero-order valence-electron chi connectivity index (χ0n) is 6.98. The van der Waals surface area contributed by atoms with E-state index in [1.54, 1.807) is 0 Å². The van der Waals surface area contributed by atoms with E-state index in [0.29, 0.717) is 5.82 Å². The van der Waals surface area contributed by atoms with Crippen LogP contribution in [0.3, 0.4) is 0 Å². The molecule has 5 heteroatoms. The Labute approximate surface area is 69.8 Å². The van der Waals surface area contributed by atoms with Gasteiger partial charge in [0, 0.05) is 5.92 Å². The van der Waals surface area contributed by atoms with Crippen LogP contribution in [0.4, 0.5) is 0 Å². The molecule has 0 aliphatic rings. The lowest BCUT2D eigenvalue weighted by atomic mass is 10.2. The van der Waals surface area contributed by atoms with Crippen LogP contribution in [-0.4, -0.2) is 20.7 Å². The number of rotatable bonds is 2. The second-order valence-electron chi connectivity index (χ2n) is 2.83. The highest BCUT2D eigenvalue weighted by atomic mass is 16.4. The minimum absolute atomic E-state index is 0.0127. The van der Waals surface area contributed by atoms with Gasteiger partial charge in [-0.05, 0) is 0 Å². The molecule has 0 saturated carbocycles. The number of hydrogen-bond donors (Lipinski definition) is 2. The van der Waals surface area contributed by atoms with Gasteiger partial charge in [-0.25, -0.2) is 14.5 Å². The highest BCUT2D eigenvalue weighted by Gasteiger charge is 2.14. The molecular formula is C7H11N3O2. The van der Waals surface area contributed by atoms with E-state index in [0.717, 1.165) is 4.68 Å². The van der Waals surface area contributed by atoms with E-state index in [1.165, 1.54) is 6.20 Å². The Morgan fingerprint density at radius 2 is 2.33 bits per heavy atom. The van der Waals surface area contributed by atoms with Crippen molar-refractivity contribution in [2.75, 3.05) is 5.84 Å². The molecule has 1 heterocycles. The Morgan fingerprint density at radius 3 is 2.58 bits per heavy atom. The molecule has 0 aromatic carbocycles. The normalized spacial score (nSPS) is 10.6. The topological polar surface area (TPSA) is 81.1 Å². The van der Waals surface area contributed by atoms with Crippen molar-refractivity contribution < 1.29 is 9.90 Å². The average Bonchev–Trinajstić information content (AvgIpc) is 2.30. The molecule has 0 aliphatic heterocycles. The van der Waals surface area contributed by atoms with Gasteiger partial charge in [-0.15, -0.1) is 0 Å². The van der Waals surface area contributed by atoms with E-state index in [9.17, 15) is 4.79 Å². The van der Waals surface area contributed by atoms with Gasteiger partial charge in [-0.3, -0.25) is 0 Å². The Bertz CT molecular complexity index is 304.